The minimum absolute atomic E-state index is 0.202. The number of aromatic nitrogens is 3. The van der Waals surface area contributed by atoms with Crippen molar-refractivity contribution in [3.63, 3.8) is 0 Å². The normalized spacial score (nSPS) is 14.4. The smallest absolute Gasteiger partial charge is 0.272 e. The topological polar surface area (TPSA) is 63.1 Å². The quantitative estimate of drug-likeness (QED) is 0.727. The molecule has 2 aromatic heterocycles. The van der Waals surface area contributed by atoms with E-state index in [4.69, 9.17) is 11.6 Å². The Balaban J connectivity index is 1.54. The van der Waals surface area contributed by atoms with Crippen LogP contribution in [-0.2, 0) is 0 Å². The van der Waals surface area contributed by atoms with Crippen LogP contribution in [0, 0.1) is 0 Å². The van der Waals surface area contributed by atoms with Gasteiger partial charge in [0.1, 0.15) is 5.69 Å². The highest BCUT2D eigenvalue weighted by molar-refractivity contribution is 7.17. The lowest BCUT2D eigenvalue weighted by molar-refractivity contribution is 0.102. The van der Waals surface area contributed by atoms with Crippen LogP contribution in [-0.4, -0.2) is 33.8 Å². The number of nitrogens with one attached hydrogen (secondary N) is 1. The SMILES string of the molecule is O=C(Nc1ccc(Cl)cc1)c1cccn1-c1nnc(N2CCCCC2)s1. The van der Waals surface area contributed by atoms with Crippen molar-refractivity contribution >= 4 is 39.7 Å². The van der Waals surface area contributed by atoms with Gasteiger partial charge in [0.15, 0.2) is 0 Å². The number of hydrogen-bond donors (Lipinski definition) is 1. The molecule has 0 saturated carbocycles. The molecule has 0 aliphatic carbocycles. The summed E-state index contributed by atoms with van der Waals surface area (Å²) in [5.41, 5.74) is 1.21. The lowest BCUT2D eigenvalue weighted by Crippen LogP contribution is -2.29. The zero-order valence-corrected chi connectivity index (χ0v) is 15.6. The Labute approximate surface area is 160 Å². The summed E-state index contributed by atoms with van der Waals surface area (Å²) < 4.78 is 1.77. The second-order valence-electron chi connectivity index (χ2n) is 6.14. The van der Waals surface area contributed by atoms with E-state index in [9.17, 15) is 4.79 Å². The van der Waals surface area contributed by atoms with Crippen LogP contribution in [0.4, 0.5) is 10.8 Å². The number of piperidine rings is 1. The van der Waals surface area contributed by atoms with Crippen molar-refractivity contribution in [2.24, 2.45) is 0 Å². The molecule has 3 heterocycles. The molecule has 134 valence electrons. The van der Waals surface area contributed by atoms with Gasteiger partial charge in [-0.3, -0.25) is 9.36 Å². The Bertz CT molecular complexity index is 898. The number of anilines is 2. The molecule has 26 heavy (non-hydrogen) atoms. The first-order chi connectivity index (χ1) is 12.7. The average Bonchev–Trinajstić information content (AvgIpc) is 3.33. The zero-order chi connectivity index (χ0) is 17.9. The summed E-state index contributed by atoms with van der Waals surface area (Å²) in [6, 6.07) is 10.6. The standard InChI is InChI=1S/C18H18ClN5OS/c19-13-6-8-14(9-7-13)20-16(25)15-5-4-12-24(15)18-22-21-17(26-18)23-10-2-1-3-11-23/h4-9,12H,1-3,10-11H2,(H,20,25). The number of nitrogens with zero attached hydrogens (tertiary/aromatic N) is 4. The lowest BCUT2D eigenvalue weighted by atomic mass is 10.1. The van der Waals surface area contributed by atoms with Crippen LogP contribution in [0.5, 0.6) is 0 Å². The Morgan fingerprint density at radius 2 is 1.77 bits per heavy atom. The van der Waals surface area contributed by atoms with Gasteiger partial charge in [0, 0.05) is 30.0 Å². The van der Waals surface area contributed by atoms with Crippen LogP contribution in [0.25, 0.3) is 5.13 Å². The van der Waals surface area contributed by atoms with Gasteiger partial charge in [0.2, 0.25) is 10.3 Å². The molecule has 0 atom stereocenters. The predicted molar refractivity (Wildman–Crippen MR) is 105 cm³/mol. The highest BCUT2D eigenvalue weighted by Gasteiger charge is 2.19. The average molecular weight is 388 g/mol. The van der Waals surface area contributed by atoms with E-state index in [1.54, 1.807) is 34.9 Å². The van der Waals surface area contributed by atoms with E-state index in [1.165, 1.54) is 30.6 Å². The van der Waals surface area contributed by atoms with Crippen LogP contribution in [0.1, 0.15) is 29.8 Å². The highest BCUT2D eigenvalue weighted by atomic mass is 35.5. The van der Waals surface area contributed by atoms with Crippen molar-refractivity contribution < 1.29 is 4.79 Å². The third-order valence-electron chi connectivity index (χ3n) is 4.32. The van der Waals surface area contributed by atoms with Crippen LogP contribution in [0.2, 0.25) is 5.02 Å². The van der Waals surface area contributed by atoms with Crippen molar-refractivity contribution in [3.05, 3.63) is 53.3 Å². The molecule has 6 nitrogen and oxygen atoms in total. The summed E-state index contributed by atoms with van der Waals surface area (Å²) in [6.45, 7) is 2.04. The maximum Gasteiger partial charge on any atom is 0.272 e. The Morgan fingerprint density at radius 1 is 1.04 bits per heavy atom. The first kappa shape index (κ1) is 17.1. The molecule has 3 aromatic rings. The van der Waals surface area contributed by atoms with Gasteiger partial charge in [0.05, 0.1) is 0 Å². The van der Waals surface area contributed by atoms with Gasteiger partial charge >= 0.3 is 0 Å². The first-order valence-electron chi connectivity index (χ1n) is 8.54. The molecule has 4 rings (SSSR count). The Hall–Kier alpha value is -2.38. The maximum absolute atomic E-state index is 12.6. The third kappa shape index (κ3) is 3.59. The van der Waals surface area contributed by atoms with Gasteiger partial charge in [-0.15, -0.1) is 10.2 Å². The largest absolute Gasteiger partial charge is 0.347 e. The van der Waals surface area contributed by atoms with Crippen molar-refractivity contribution in [2.75, 3.05) is 23.3 Å². The number of carbonyl (C=O) groups is 1. The van der Waals surface area contributed by atoms with Gasteiger partial charge in [-0.2, -0.15) is 0 Å². The van der Waals surface area contributed by atoms with E-state index in [-0.39, 0.29) is 5.91 Å². The predicted octanol–water partition coefficient (Wildman–Crippen LogP) is 4.22. The zero-order valence-electron chi connectivity index (χ0n) is 14.1. The van der Waals surface area contributed by atoms with E-state index in [0.29, 0.717) is 21.5 Å². The number of benzene rings is 1. The number of rotatable bonds is 4. The maximum atomic E-state index is 12.6. The molecule has 1 aliphatic rings. The fraction of sp³-hybridized carbons (Fsp3) is 0.278. The number of amides is 1. The number of carbonyl (C=O) groups excluding carboxylic acids is 1. The lowest BCUT2D eigenvalue weighted by Gasteiger charge is -2.25. The fourth-order valence-electron chi connectivity index (χ4n) is 2.98. The van der Waals surface area contributed by atoms with E-state index in [0.717, 1.165) is 18.2 Å². The minimum atomic E-state index is -0.202. The van der Waals surface area contributed by atoms with Gasteiger partial charge in [-0.05, 0) is 55.7 Å². The minimum Gasteiger partial charge on any atom is -0.347 e. The van der Waals surface area contributed by atoms with E-state index in [1.807, 2.05) is 12.3 Å². The van der Waals surface area contributed by atoms with Crippen LogP contribution >= 0.6 is 22.9 Å². The van der Waals surface area contributed by atoms with Crippen LogP contribution < -0.4 is 10.2 Å². The van der Waals surface area contributed by atoms with Gasteiger partial charge in [-0.25, -0.2) is 0 Å². The Morgan fingerprint density at radius 3 is 2.54 bits per heavy atom. The van der Waals surface area contributed by atoms with Crippen LogP contribution in [0.15, 0.2) is 42.6 Å². The second-order valence-corrected chi connectivity index (χ2v) is 7.51. The summed E-state index contributed by atoms with van der Waals surface area (Å²) >= 11 is 7.39. The molecule has 1 fully saturated rings. The molecule has 0 unspecified atom stereocenters. The summed E-state index contributed by atoms with van der Waals surface area (Å²) in [6.07, 6.45) is 5.48. The molecule has 1 amide bonds. The molecule has 0 radical (unpaired) electrons. The number of halogens is 1. The van der Waals surface area contributed by atoms with Crippen molar-refractivity contribution in [3.8, 4) is 5.13 Å². The summed E-state index contributed by atoms with van der Waals surface area (Å²) in [4.78, 5) is 14.9. The highest BCUT2D eigenvalue weighted by Crippen LogP contribution is 2.27. The first-order valence-corrected chi connectivity index (χ1v) is 9.73. The molecular weight excluding hydrogens is 370 g/mol. The molecule has 1 N–H and O–H groups in total. The summed E-state index contributed by atoms with van der Waals surface area (Å²) in [7, 11) is 0. The van der Waals surface area contributed by atoms with E-state index >= 15 is 0 Å². The Kier molecular flexibility index (Phi) is 4.90. The molecule has 0 bridgehead atoms. The number of hydrogen-bond acceptors (Lipinski definition) is 5. The molecule has 8 heteroatoms. The molecule has 1 aromatic carbocycles. The molecule has 0 spiro atoms. The fourth-order valence-corrected chi connectivity index (χ4v) is 4.00. The van der Waals surface area contributed by atoms with Gasteiger partial charge < -0.3 is 10.2 Å². The second kappa shape index (κ2) is 7.47. The van der Waals surface area contributed by atoms with Gasteiger partial charge in [-0.1, -0.05) is 22.9 Å². The summed E-state index contributed by atoms with van der Waals surface area (Å²) in [5.74, 6) is -0.202. The van der Waals surface area contributed by atoms with E-state index in [2.05, 4.69) is 20.4 Å². The molecule has 1 aliphatic heterocycles. The van der Waals surface area contributed by atoms with Crippen molar-refractivity contribution in [1.29, 1.82) is 0 Å². The molecular formula is C18H18ClN5OS. The molecule has 1 saturated heterocycles. The summed E-state index contributed by atoms with van der Waals surface area (Å²) in [5, 5.41) is 13.7. The monoisotopic (exact) mass is 387 g/mol. The van der Waals surface area contributed by atoms with Crippen LogP contribution in [0.3, 0.4) is 0 Å². The van der Waals surface area contributed by atoms with Crippen molar-refractivity contribution in [2.45, 2.75) is 19.3 Å². The van der Waals surface area contributed by atoms with E-state index < -0.39 is 0 Å². The third-order valence-corrected chi connectivity index (χ3v) is 5.56. The van der Waals surface area contributed by atoms with Gasteiger partial charge in [0.25, 0.3) is 5.91 Å². The van der Waals surface area contributed by atoms with Crippen molar-refractivity contribution in [1.82, 2.24) is 14.8 Å².